The predicted molar refractivity (Wildman–Crippen MR) is 74.4 cm³/mol. The quantitative estimate of drug-likeness (QED) is 0.753. The molecule has 2 aliphatic rings. The minimum atomic E-state index is 0.0771. The highest BCUT2D eigenvalue weighted by Gasteiger charge is 2.31. The zero-order chi connectivity index (χ0) is 13.1. The van der Waals surface area contributed by atoms with Crippen molar-refractivity contribution in [1.82, 2.24) is 9.80 Å². The number of piperidine rings is 2. The molecule has 2 fully saturated rings. The van der Waals surface area contributed by atoms with Crippen LogP contribution in [0.2, 0.25) is 0 Å². The summed E-state index contributed by atoms with van der Waals surface area (Å²) in [6.07, 6.45) is 4.97. The van der Waals surface area contributed by atoms with Crippen LogP contribution >= 0.6 is 0 Å². The largest absolute Gasteiger partial charge is 0.341 e. The van der Waals surface area contributed by atoms with Gasteiger partial charge in [0.05, 0.1) is 6.04 Å². The fourth-order valence-electron chi connectivity index (χ4n) is 3.56. The number of hydrogen-bond donors (Lipinski definition) is 0. The number of hydrogen-bond acceptors (Lipinski definition) is 2. The zero-order valence-corrected chi connectivity index (χ0v) is 12.2. The Morgan fingerprint density at radius 3 is 2.17 bits per heavy atom. The lowest BCUT2D eigenvalue weighted by Gasteiger charge is -2.40. The molecule has 2 saturated heterocycles. The number of rotatable bonds is 2. The third kappa shape index (κ3) is 3.25. The van der Waals surface area contributed by atoms with Gasteiger partial charge in [0.15, 0.2) is 0 Å². The third-order valence-electron chi connectivity index (χ3n) is 4.47. The molecule has 0 radical (unpaired) electrons. The minimum absolute atomic E-state index is 0.0771. The van der Waals surface area contributed by atoms with Gasteiger partial charge in [0.25, 0.3) is 0 Å². The van der Waals surface area contributed by atoms with Gasteiger partial charge in [-0.25, -0.2) is 0 Å². The summed E-state index contributed by atoms with van der Waals surface area (Å²) >= 11 is 0. The van der Waals surface area contributed by atoms with Crippen molar-refractivity contribution in [2.45, 2.75) is 52.5 Å². The van der Waals surface area contributed by atoms with Gasteiger partial charge in [-0.2, -0.15) is 0 Å². The van der Waals surface area contributed by atoms with E-state index in [0.29, 0.717) is 5.91 Å². The number of carbonyl (C=O) groups is 1. The number of likely N-dealkylation sites (tertiary alicyclic amines) is 2. The van der Waals surface area contributed by atoms with E-state index < -0.39 is 0 Å². The second-order valence-electron chi connectivity index (χ2n) is 6.46. The van der Waals surface area contributed by atoms with Crippen LogP contribution in [-0.4, -0.2) is 47.9 Å². The second-order valence-corrected chi connectivity index (χ2v) is 6.46. The molecule has 2 rings (SSSR count). The van der Waals surface area contributed by atoms with E-state index in [4.69, 9.17) is 0 Å². The van der Waals surface area contributed by atoms with Crippen LogP contribution in [0.4, 0.5) is 0 Å². The molecule has 18 heavy (non-hydrogen) atoms. The Labute approximate surface area is 112 Å². The molecule has 0 spiro atoms. The van der Waals surface area contributed by atoms with E-state index in [0.717, 1.165) is 38.0 Å². The van der Waals surface area contributed by atoms with E-state index in [-0.39, 0.29) is 6.04 Å². The van der Waals surface area contributed by atoms with Crippen LogP contribution in [0.15, 0.2) is 0 Å². The molecule has 3 unspecified atom stereocenters. The Hall–Kier alpha value is -0.570. The van der Waals surface area contributed by atoms with Crippen LogP contribution in [0.3, 0.4) is 0 Å². The Bertz CT molecular complexity index is 276. The summed E-state index contributed by atoms with van der Waals surface area (Å²) in [4.78, 5) is 17.0. The van der Waals surface area contributed by atoms with E-state index in [2.05, 4.69) is 30.6 Å². The maximum absolute atomic E-state index is 12.5. The van der Waals surface area contributed by atoms with Gasteiger partial charge >= 0.3 is 0 Å². The van der Waals surface area contributed by atoms with Gasteiger partial charge in [0.1, 0.15) is 0 Å². The molecule has 0 bridgehead atoms. The lowest BCUT2D eigenvalue weighted by molar-refractivity contribution is -0.138. The highest BCUT2D eigenvalue weighted by molar-refractivity contribution is 5.81. The molecule has 0 aliphatic carbocycles. The Morgan fingerprint density at radius 1 is 1.06 bits per heavy atom. The average molecular weight is 252 g/mol. The van der Waals surface area contributed by atoms with Crippen LogP contribution in [0.1, 0.15) is 46.5 Å². The van der Waals surface area contributed by atoms with Gasteiger partial charge in [-0.1, -0.05) is 13.8 Å². The first kappa shape index (κ1) is 13.9. The van der Waals surface area contributed by atoms with Gasteiger partial charge in [-0.3, -0.25) is 9.69 Å². The van der Waals surface area contributed by atoms with Gasteiger partial charge < -0.3 is 4.90 Å². The highest BCUT2D eigenvalue weighted by Crippen LogP contribution is 2.23. The summed E-state index contributed by atoms with van der Waals surface area (Å²) in [5.74, 6) is 1.81. The molecule has 2 aliphatic heterocycles. The molecule has 3 nitrogen and oxygen atoms in total. The van der Waals surface area contributed by atoms with Crippen molar-refractivity contribution in [1.29, 1.82) is 0 Å². The summed E-state index contributed by atoms with van der Waals surface area (Å²) in [5.41, 5.74) is 0. The summed E-state index contributed by atoms with van der Waals surface area (Å²) in [6, 6.07) is 0.0771. The third-order valence-corrected chi connectivity index (χ3v) is 4.47. The van der Waals surface area contributed by atoms with E-state index in [1.54, 1.807) is 0 Å². The molecule has 0 aromatic carbocycles. The lowest BCUT2D eigenvalue weighted by Crippen LogP contribution is -2.52. The summed E-state index contributed by atoms with van der Waals surface area (Å²) in [6.45, 7) is 10.8. The second kappa shape index (κ2) is 6.05. The number of nitrogens with zero attached hydrogens (tertiary/aromatic N) is 2. The topological polar surface area (TPSA) is 23.6 Å². The van der Waals surface area contributed by atoms with Crippen LogP contribution in [0.25, 0.3) is 0 Å². The van der Waals surface area contributed by atoms with Crippen molar-refractivity contribution >= 4 is 5.91 Å². The minimum Gasteiger partial charge on any atom is -0.341 e. The molecule has 3 atom stereocenters. The number of carbonyl (C=O) groups excluding carboxylic acids is 1. The van der Waals surface area contributed by atoms with Gasteiger partial charge in [0, 0.05) is 26.2 Å². The Morgan fingerprint density at radius 2 is 1.61 bits per heavy atom. The van der Waals surface area contributed by atoms with E-state index in [1.165, 1.54) is 25.7 Å². The molecule has 0 aromatic rings. The molecule has 0 aromatic heterocycles. The van der Waals surface area contributed by atoms with E-state index >= 15 is 0 Å². The molecule has 2 heterocycles. The molecule has 3 heteroatoms. The normalized spacial score (nSPS) is 32.3. The average Bonchev–Trinajstić information content (AvgIpc) is 2.37. The standard InChI is InChI=1S/C15H28N2O/c1-12-9-13(2)11-17(10-12)14(3)15(18)16-7-5-4-6-8-16/h12-14H,4-11H2,1-3H3. The van der Waals surface area contributed by atoms with Crippen molar-refractivity contribution in [2.24, 2.45) is 11.8 Å². The van der Waals surface area contributed by atoms with Crippen molar-refractivity contribution in [2.75, 3.05) is 26.2 Å². The van der Waals surface area contributed by atoms with Gasteiger partial charge in [-0.15, -0.1) is 0 Å². The van der Waals surface area contributed by atoms with Crippen LogP contribution in [0.5, 0.6) is 0 Å². The van der Waals surface area contributed by atoms with E-state index in [1.807, 2.05) is 0 Å². The smallest absolute Gasteiger partial charge is 0.239 e. The first-order valence-electron chi connectivity index (χ1n) is 7.60. The molecule has 0 N–H and O–H groups in total. The van der Waals surface area contributed by atoms with Gasteiger partial charge in [-0.05, 0) is 44.4 Å². The first-order valence-corrected chi connectivity index (χ1v) is 7.60. The fourth-order valence-corrected chi connectivity index (χ4v) is 3.56. The maximum atomic E-state index is 12.5. The van der Waals surface area contributed by atoms with E-state index in [9.17, 15) is 4.79 Å². The lowest BCUT2D eigenvalue weighted by atomic mass is 9.91. The highest BCUT2D eigenvalue weighted by atomic mass is 16.2. The molecular formula is C15H28N2O. The Kier molecular flexibility index (Phi) is 4.66. The maximum Gasteiger partial charge on any atom is 0.239 e. The van der Waals surface area contributed by atoms with Crippen molar-refractivity contribution in [3.8, 4) is 0 Å². The molecule has 0 saturated carbocycles. The SMILES string of the molecule is CC1CC(C)CN(C(C)C(=O)N2CCCCC2)C1. The van der Waals surface area contributed by atoms with Crippen LogP contribution < -0.4 is 0 Å². The Balaban J connectivity index is 1.92. The summed E-state index contributed by atoms with van der Waals surface area (Å²) < 4.78 is 0. The summed E-state index contributed by atoms with van der Waals surface area (Å²) in [7, 11) is 0. The molecule has 104 valence electrons. The molecular weight excluding hydrogens is 224 g/mol. The summed E-state index contributed by atoms with van der Waals surface area (Å²) in [5, 5.41) is 0. The fraction of sp³-hybridized carbons (Fsp3) is 0.933. The van der Waals surface area contributed by atoms with Crippen LogP contribution in [0, 0.1) is 11.8 Å². The van der Waals surface area contributed by atoms with Crippen molar-refractivity contribution in [3.05, 3.63) is 0 Å². The van der Waals surface area contributed by atoms with Gasteiger partial charge in [0.2, 0.25) is 5.91 Å². The molecule has 1 amide bonds. The number of amides is 1. The first-order chi connectivity index (χ1) is 8.58. The zero-order valence-electron chi connectivity index (χ0n) is 12.2. The van der Waals surface area contributed by atoms with Crippen molar-refractivity contribution in [3.63, 3.8) is 0 Å². The predicted octanol–water partition coefficient (Wildman–Crippen LogP) is 2.37. The van der Waals surface area contributed by atoms with Crippen LogP contribution in [-0.2, 0) is 4.79 Å². The monoisotopic (exact) mass is 252 g/mol. The van der Waals surface area contributed by atoms with Crippen molar-refractivity contribution < 1.29 is 4.79 Å².